The summed E-state index contributed by atoms with van der Waals surface area (Å²) in [5.74, 6) is 1.97. The van der Waals surface area contributed by atoms with Gasteiger partial charge in [0.1, 0.15) is 5.75 Å². The van der Waals surface area contributed by atoms with E-state index in [4.69, 9.17) is 9.47 Å². The van der Waals surface area contributed by atoms with Crippen LogP contribution in [0.5, 0.6) is 5.75 Å². The summed E-state index contributed by atoms with van der Waals surface area (Å²) >= 11 is 0. The van der Waals surface area contributed by atoms with Gasteiger partial charge in [0.15, 0.2) is 0 Å². The second-order valence-corrected chi connectivity index (χ2v) is 8.44. The number of benzene rings is 1. The molecule has 4 rings (SSSR count). The third-order valence-electron chi connectivity index (χ3n) is 6.45. The van der Waals surface area contributed by atoms with Gasteiger partial charge in [-0.05, 0) is 43.6 Å². The maximum Gasteiger partial charge on any atom is 0.124 e. The smallest absolute Gasteiger partial charge is 0.124 e. The van der Waals surface area contributed by atoms with Crippen LogP contribution < -0.4 is 4.74 Å². The first-order valence-corrected chi connectivity index (χ1v) is 10.7. The minimum Gasteiger partial charge on any atom is -0.490 e. The summed E-state index contributed by atoms with van der Waals surface area (Å²) in [5.41, 5.74) is 1.29. The first-order chi connectivity index (χ1) is 13.3. The van der Waals surface area contributed by atoms with Gasteiger partial charge >= 0.3 is 0 Å². The van der Waals surface area contributed by atoms with Crippen LogP contribution in [0.25, 0.3) is 0 Å². The Labute approximate surface area is 163 Å². The molecule has 5 heteroatoms. The number of aliphatic hydroxyl groups excluding tert-OH is 1. The van der Waals surface area contributed by atoms with Crippen molar-refractivity contribution in [2.75, 3.05) is 52.5 Å². The van der Waals surface area contributed by atoms with Gasteiger partial charge in [-0.15, -0.1) is 0 Å². The van der Waals surface area contributed by atoms with Crippen molar-refractivity contribution >= 4 is 0 Å². The third-order valence-corrected chi connectivity index (χ3v) is 6.45. The molecule has 2 saturated heterocycles. The molecule has 2 heterocycles. The highest BCUT2D eigenvalue weighted by Crippen LogP contribution is 2.30. The van der Waals surface area contributed by atoms with Gasteiger partial charge in [0.2, 0.25) is 0 Å². The van der Waals surface area contributed by atoms with Gasteiger partial charge in [0.25, 0.3) is 0 Å². The van der Waals surface area contributed by atoms with Crippen molar-refractivity contribution in [3.63, 3.8) is 0 Å². The Kier molecular flexibility index (Phi) is 6.66. The lowest BCUT2D eigenvalue weighted by Crippen LogP contribution is -2.41. The molecule has 3 aliphatic rings. The number of rotatable bonds is 7. The van der Waals surface area contributed by atoms with Gasteiger partial charge in [-0.3, -0.25) is 9.80 Å². The molecule has 2 atom stereocenters. The van der Waals surface area contributed by atoms with Crippen LogP contribution in [0.1, 0.15) is 31.2 Å². The second kappa shape index (κ2) is 9.37. The fraction of sp³-hybridized carbons (Fsp3) is 0.727. The molecule has 0 radical (unpaired) electrons. The maximum atomic E-state index is 9.90. The number of aliphatic hydroxyl groups is 1. The molecule has 2 aliphatic heterocycles. The molecule has 3 fully saturated rings. The standard InChI is InChI=1S/C22H34N2O3/c25-17-20-16-24(15-19(20)14-23-9-11-26-12-10-23)13-18-5-1-4-8-22(18)27-21-6-2-3-7-21/h1,4-5,8,19-21,25H,2-3,6-7,9-17H2/t19-,20-/m0/s1. The Morgan fingerprint density at radius 3 is 2.52 bits per heavy atom. The molecule has 1 aromatic rings. The molecule has 0 unspecified atom stereocenters. The SMILES string of the molecule is OC[C@@H]1CN(Cc2ccccc2OC2CCCC2)C[C@@H]1CN1CCOCC1. The Morgan fingerprint density at radius 2 is 1.74 bits per heavy atom. The number of para-hydroxylation sites is 1. The minimum absolute atomic E-state index is 0.283. The van der Waals surface area contributed by atoms with Gasteiger partial charge in [-0.25, -0.2) is 0 Å². The second-order valence-electron chi connectivity index (χ2n) is 8.44. The highest BCUT2D eigenvalue weighted by Gasteiger charge is 2.34. The van der Waals surface area contributed by atoms with Crippen molar-refractivity contribution in [2.24, 2.45) is 11.8 Å². The molecule has 150 valence electrons. The number of nitrogens with zero attached hydrogens (tertiary/aromatic N) is 2. The molecular weight excluding hydrogens is 340 g/mol. The van der Waals surface area contributed by atoms with Crippen molar-refractivity contribution in [1.82, 2.24) is 9.80 Å². The molecule has 0 aromatic heterocycles. The topological polar surface area (TPSA) is 45.2 Å². The highest BCUT2D eigenvalue weighted by molar-refractivity contribution is 5.33. The number of morpholine rings is 1. The zero-order valence-corrected chi connectivity index (χ0v) is 16.4. The van der Waals surface area contributed by atoms with Crippen LogP contribution in [-0.4, -0.2) is 73.6 Å². The Hall–Kier alpha value is -1.14. The van der Waals surface area contributed by atoms with Crippen LogP contribution in [0, 0.1) is 11.8 Å². The van der Waals surface area contributed by atoms with E-state index in [0.717, 1.165) is 58.2 Å². The quantitative estimate of drug-likeness (QED) is 0.794. The van der Waals surface area contributed by atoms with E-state index in [1.54, 1.807) is 0 Å². The first kappa shape index (κ1) is 19.2. The predicted molar refractivity (Wildman–Crippen MR) is 106 cm³/mol. The zero-order valence-electron chi connectivity index (χ0n) is 16.4. The zero-order chi connectivity index (χ0) is 18.5. The molecule has 27 heavy (non-hydrogen) atoms. The predicted octanol–water partition coefficient (Wildman–Crippen LogP) is 2.38. The van der Waals surface area contributed by atoms with Crippen molar-refractivity contribution in [2.45, 2.75) is 38.3 Å². The number of likely N-dealkylation sites (tertiary alicyclic amines) is 1. The van der Waals surface area contributed by atoms with E-state index in [9.17, 15) is 5.11 Å². The summed E-state index contributed by atoms with van der Waals surface area (Å²) in [7, 11) is 0. The number of hydrogen-bond acceptors (Lipinski definition) is 5. The molecule has 1 aromatic carbocycles. The van der Waals surface area contributed by atoms with Gasteiger partial charge in [-0.1, -0.05) is 18.2 Å². The fourth-order valence-electron chi connectivity index (χ4n) is 4.87. The van der Waals surface area contributed by atoms with Gasteiger partial charge in [-0.2, -0.15) is 0 Å². The molecule has 1 N–H and O–H groups in total. The van der Waals surface area contributed by atoms with Gasteiger partial charge < -0.3 is 14.6 Å². The highest BCUT2D eigenvalue weighted by atomic mass is 16.5. The Morgan fingerprint density at radius 1 is 1.00 bits per heavy atom. The molecule has 1 aliphatic carbocycles. The van der Waals surface area contributed by atoms with E-state index in [1.807, 2.05) is 0 Å². The molecular formula is C22H34N2O3. The lowest BCUT2D eigenvalue weighted by Gasteiger charge is -2.30. The van der Waals surface area contributed by atoms with Crippen LogP contribution in [0.2, 0.25) is 0 Å². The van der Waals surface area contributed by atoms with Gasteiger partial charge in [0.05, 0.1) is 19.3 Å². The Balaban J connectivity index is 1.36. The molecule has 0 spiro atoms. The lowest BCUT2D eigenvalue weighted by atomic mass is 9.96. The number of hydrogen-bond donors (Lipinski definition) is 1. The summed E-state index contributed by atoms with van der Waals surface area (Å²) < 4.78 is 11.8. The summed E-state index contributed by atoms with van der Waals surface area (Å²) in [6, 6.07) is 8.52. The van der Waals surface area contributed by atoms with E-state index < -0.39 is 0 Å². The molecule has 0 bridgehead atoms. The minimum atomic E-state index is 0.283. The third kappa shape index (κ3) is 5.02. The summed E-state index contributed by atoms with van der Waals surface area (Å²) in [4.78, 5) is 5.00. The summed E-state index contributed by atoms with van der Waals surface area (Å²) in [5, 5.41) is 9.90. The first-order valence-electron chi connectivity index (χ1n) is 10.7. The van der Waals surface area contributed by atoms with Crippen molar-refractivity contribution in [1.29, 1.82) is 0 Å². The maximum absolute atomic E-state index is 9.90. The monoisotopic (exact) mass is 374 g/mol. The Bertz CT molecular complexity index is 585. The van der Waals surface area contributed by atoms with Crippen LogP contribution >= 0.6 is 0 Å². The van der Waals surface area contributed by atoms with Crippen molar-refractivity contribution < 1.29 is 14.6 Å². The van der Waals surface area contributed by atoms with Crippen LogP contribution in [-0.2, 0) is 11.3 Å². The van der Waals surface area contributed by atoms with E-state index in [2.05, 4.69) is 34.1 Å². The average molecular weight is 375 g/mol. The van der Waals surface area contributed by atoms with Crippen LogP contribution in [0.15, 0.2) is 24.3 Å². The van der Waals surface area contributed by atoms with Crippen LogP contribution in [0.3, 0.4) is 0 Å². The lowest BCUT2D eigenvalue weighted by molar-refractivity contribution is 0.0264. The largest absolute Gasteiger partial charge is 0.490 e. The van der Waals surface area contributed by atoms with E-state index in [-0.39, 0.29) is 6.61 Å². The number of ether oxygens (including phenoxy) is 2. The van der Waals surface area contributed by atoms with Crippen molar-refractivity contribution in [3.8, 4) is 5.75 Å². The molecule has 5 nitrogen and oxygen atoms in total. The van der Waals surface area contributed by atoms with Crippen LogP contribution in [0.4, 0.5) is 0 Å². The molecule has 1 saturated carbocycles. The summed E-state index contributed by atoms with van der Waals surface area (Å²) in [6.45, 7) is 8.03. The van der Waals surface area contributed by atoms with E-state index in [0.29, 0.717) is 17.9 Å². The summed E-state index contributed by atoms with van der Waals surface area (Å²) in [6.07, 6.45) is 5.35. The fourth-order valence-corrected chi connectivity index (χ4v) is 4.87. The normalized spacial score (nSPS) is 28.0. The van der Waals surface area contributed by atoms with Crippen molar-refractivity contribution in [3.05, 3.63) is 29.8 Å². The average Bonchev–Trinajstić information content (AvgIpc) is 3.34. The van der Waals surface area contributed by atoms with Gasteiger partial charge in [0, 0.05) is 51.4 Å². The molecule has 0 amide bonds. The van der Waals surface area contributed by atoms with E-state index >= 15 is 0 Å². The van der Waals surface area contributed by atoms with E-state index in [1.165, 1.54) is 31.2 Å².